The summed E-state index contributed by atoms with van der Waals surface area (Å²) in [5.41, 5.74) is 0.639. The number of amides is 2. The minimum Gasteiger partial charge on any atom is -0.497 e. The van der Waals surface area contributed by atoms with E-state index >= 15 is 0 Å². The normalized spacial score (nSPS) is 15.3. The molecule has 6 nitrogen and oxygen atoms in total. The van der Waals surface area contributed by atoms with Gasteiger partial charge in [0.25, 0.3) is 5.91 Å². The summed E-state index contributed by atoms with van der Waals surface area (Å²) >= 11 is 5.46. The summed E-state index contributed by atoms with van der Waals surface area (Å²) in [6, 6.07) is 14.7. The summed E-state index contributed by atoms with van der Waals surface area (Å²) in [4.78, 5) is 28.6. The Hall–Kier alpha value is -3.99. The average Bonchev–Trinajstić information content (AvgIpc) is 3.10. The molecule has 1 aliphatic heterocycles. The van der Waals surface area contributed by atoms with E-state index in [0.717, 1.165) is 5.56 Å². The van der Waals surface area contributed by atoms with Gasteiger partial charge in [0, 0.05) is 17.8 Å². The topological polar surface area (TPSA) is 61.9 Å². The van der Waals surface area contributed by atoms with Crippen molar-refractivity contribution in [2.45, 2.75) is 25.6 Å². The molecule has 4 rings (SSSR count). The number of carbonyl (C=O) groups is 2. The van der Waals surface area contributed by atoms with Gasteiger partial charge in [-0.3, -0.25) is 14.5 Å². The summed E-state index contributed by atoms with van der Waals surface area (Å²) in [5, 5.41) is 2.61. The van der Waals surface area contributed by atoms with Crippen LogP contribution >= 0.6 is 12.2 Å². The highest BCUT2D eigenvalue weighted by Crippen LogP contribution is 2.28. The van der Waals surface area contributed by atoms with Crippen LogP contribution in [-0.2, 0) is 22.7 Å². The van der Waals surface area contributed by atoms with Crippen LogP contribution in [0.5, 0.6) is 5.75 Å². The van der Waals surface area contributed by atoms with Crippen molar-refractivity contribution < 1.29 is 31.9 Å². The van der Waals surface area contributed by atoms with Gasteiger partial charge in [0.05, 0.1) is 20.1 Å². The van der Waals surface area contributed by atoms with Crippen LogP contribution in [-0.4, -0.2) is 39.9 Å². The number of benzene rings is 3. The lowest BCUT2D eigenvalue weighted by molar-refractivity contribution is -0.131. The maximum atomic E-state index is 14.5. The molecular formula is C26H21F4N3O3S. The highest BCUT2D eigenvalue weighted by Gasteiger charge is 2.43. The number of hydrogen-bond acceptors (Lipinski definition) is 4. The zero-order valence-corrected chi connectivity index (χ0v) is 20.3. The lowest BCUT2D eigenvalue weighted by Crippen LogP contribution is -2.37. The van der Waals surface area contributed by atoms with Crippen molar-refractivity contribution in [2.24, 2.45) is 0 Å². The van der Waals surface area contributed by atoms with Gasteiger partial charge in [-0.05, 0) is 48.1 Å². The fraction of sp³-hybridized carbons (Fsp3) is 0.192. The number of methoxy groups -OCH3 is 1. The lowest BCUT2D eigenvalue weighted by atomic mass is 10.1. The Balaban J connectivity index is 1.61. The fourth-order valence-corrected chi connectivity index (χ4v) is 4.31. The quantitative estimate of drug-likeness (QED) is 0.196. The fourth-order valence-electron chi connectivity index (χ4n) is 3.97. The van der Waals surface area contributed by atoms with Gasteiger partial charge < -0.3 is 15.0 Å². The second kappa shape index (κ2) is 11.0. The molecule has 37 heavy (non-hydrogen) atoms. The van der Waals surface area contributed by atoms with E-state index in [9.17, 15) is 27.2 Å². The number of hydrogen-bond donors (Lipinski definition) is 1. The second-order valence-electron chi connectivity index (χ2n) is 8.28. The Morgan fingerprint density at radius 2 is 1.65 bits per heavy atom. The van der Waals surface area contributed by atoms with Gasteiger partial charge >= 0.3 is 0 Å². The number of ether oxygens (including phenoxy) is 1. The molecule has 1 heterocycles. The van der Waals surface area contributed by atoms with Crippen molar-refractivity contribution in [1.82, 2.24) is 9.80 Å². The molecule has 0 unspecified atom stereocenters. The molecule has 11 heteroatoms. The van der Waals surface area contributed by atoms with Crippen molar-refractivity contribution in [3.63, 3.8) is 0 Å². The van der Waals surface area contributed by atoms with Crippen LogP contribution < -0.4 is 10.1 Å². The predicted molar refractivity (Wildman–Crippen MR) is 131 cm³/mol. The van der Waals surface area contributed by atoms with Crippen LogP contribution in [0.1, 0.15) is 17.5 Å². The van der Waals surface area contributed by atoms with Crippen molar-refractivity contribution in [1.29, 1.82) is 0 Å². The molecule has 0 aromatic heterocycles. The first-order valence-corrected chi connectivity index (χ1v) is 11.5. The molecule has 1 N–H and O–H groups in total. The Kier molecular flexibility index (Phi) is 7.72. The van der Waals surface area contributed by atoms with Gasteiger partial charge in [-0.2, -0.15) is 0 Å². The Morgan fingerprint density at radius 3 is 2.30 bits per heavy atom. The van der Waals surface area contributed by atoms with Gasteiger partial charge in [0.15, 0.2) is 28.4 Å². The summed E-state index contributed by atoms with van der Waals surface area (Å²) in [7, 11) is 1.50. The molecule has 192 valence electrons. The molecule has 2 amide bonds. The second-order valence-corrected chi connectivity index (χ2v) is 8.64. The number of thiocarbonyl (C=S) groups is 1. The zero-order chi connectivity index (χ0) is 26.7. The van der Waals surface area contributed by atoms with Gasteiger partial charge in [-0.1, -0.05) is 30.3 Å². The van der Waals surface area contributed by atoms with E-state index in [-0.39, 0.29) is 18.1 Å². The molecule has 0 spiro atoms. The first kappa shape index (κ1) is 26.1. The van der Waals surface area contributed by atoms with Crippen molar-refractivity contribution in [3.8, 4) is 5.75 Å². The lowest BCUT2D eigenvalue weighted by Gasteiger charge is -2.24. The van der Waals surface area contributed by atoms with Crippen LogP contribution in [0.3, 0.4) is 0 Å². The summed E-state index contributed by atoms with van der Waals surface area (Å²) < 4.78 is 60.8. The number of anilines is 1. The molecular weight excluding hydrogens is 510 g/mol. The van der Waals surface area contributed by atoms with E-state index in [1.54, 1.807) is 54.6 Å². The molecule has 1 atom stereocenters. The Labute approximate surface area is 215 Å². The smallest absolute Gasteiger partial charge is 0.252 e. The van der Waals surface area contributed by atoms with E-state index in [0.29, 0.717) is 17.5 Å². The van der Waals surface area contributed by atoms with Crippen molar-refractivity contribution in [2.75, 3.05) is 12.4 Å². The molecule has 1 aliphatic rings. The first-order valence-electron chi connectivity index (χ1n) is 11.1. The summed E-state index contributed by atoms with van der Waals surface area (Å²) in [5.74, 6) is -7.60. The van der Waals surface area contributed by atoms with Crippen molar-refractivity contribution >= 4 is 34.8 Å². The molecule has 1 fully saturated rings. The average molecular weight is 532 g/mol. The monoisotopic (exact) mass is 531 g/mol. The van der Waals surface area contributed by atoms with Crippen LogP contribution in [0.2, 0.25) is 0 Å². The third kappa shape index (κ3) is 5.56. The molecule has 0 aliphatic carbocycles. The summed E-state index contributed by atoms with van der Waals surface area (Å²) in [6.45, 7) is -0.490. The molecule has 3 aromatic carbocycles. The SMILES string of the molecule is COc1ccc(NC(=O)C[C@@H]2C(=O)N(Cc3ccccc3)C(=S)N2Cc2cc(F)c(F)c(F)c2F)cc1. The molecule has 3 aromatic rings. The van der Waals surface area contributed by atoms with Crippen LogP contribution in [0.15, 0.2) is 60.7 Å². The van der Waals surface area contributed by atoms with E-state index in [2.05, 4.69) is 5.32 Å². The van der Waals surface area contributed by atoms with Gasteiger partial charge in [0.2, 0.25) is 5.91 Å². The highest BCUT2D eigenvalue weighted by atomic mass is 32.1. The van der Waals surface area contributed by atoms with Crippen LogP contribution in [0, 0.1) is 23.3 Å². The maximum Gasteiger partial charge on any atom is 0.252 e. The third-order valence-corrected chi connectivity index (χ3v) is 6.31. The third-order valence-electron chi connectivity index (χ3n) is 5.86. The Bertz CT molecular complexity index is 1340. The summed E-state index contributed by atoms with van der Waals surface area (Å²) in [6.07, 6.45) is -0.385. The predicted octanol–water partition coefficient (Wildman–Crippen LogP) is 4.78. The number of carbonyl (C=O) groups excluding carboxylic acids is 2. The minimum absolute atomic E-state index is 0.0550. The van der Waals surface area contributed by atoms with Gasteiger partial charge in [-0.25, -0.2) is 17.6 Å². The van der Waals surface area contributed by atoms with E-state index in [1.165, 1.54) is 16.9 Å². The number of nitrogens with zero attached hydrogens (tertiary/aromatic N) is 2. The van der Waals surface area contributed by atoms with E-state index < -0.39 is 53.2 Å². The standard InChI is InChI=1S/C26H21F4N3O3S/c1-36-18-9-7-17(8-10-18)31-21(34)12-20-25(35)33(13-15-5-3-2-4-6-15)26(37)32(20)14-16-11-19(27)23(29)24(30)22(16)28/h2-11,20H,12-14H2,1H3,(H,31,34)/t20-/m1/s1. The van der Waals surface area contributed by atoms with Crippen LogP contribution in [0.25, 0.3) is 0 Å². The van der Waals surface area contributed by atoms with Crippen LogP contribution in [0.4, 0.5) is 23.2 Å². The number of nitrogens with one attached hydrogen (secondary N) is 1. The maximum absolute atomic E-state index is 14.5. The largest absolute Gasteiger partial charge is 0.497 e. The molecule has 0 saturated carbocycles. The number of rotatable bonds is 8. The molecule has 0 radical (unpaired) electrons. The van der Waals surface area contributed by atoms with Gasteiger partial charge in [-0.15, -0.1) is 0 Å². The first-order chi connectivity index (χ1) is 17.7. The molecule has 0 bridgehead atoms. The number of halogens is 4. The van der Waals surface area contributed by atoms with Gasteiger partial charge in [0.1, 0.15) is 11.8 Å². The Morgan fingerprint density at radius 1 is 0.973 bits per heavy atom. The van der Waals surface area contributed by atoms with E-state index in [4.69, 9.17) is 17.0 Å². The molecule has 1 saturated heterocycles. The highest BCUT2D eigenvalue weighted by molar-refractivity contribution is 7.80. The van der Waals surface area contributed by atoms with E-state index in [1.807, 2.05) is 0 Å². The van der Waals surface area contributed by atoms with Crippen molar-refractivity contribution in [3.05, 3.63) is 95.1 Å². The minimum atomic E-state index is -1.97. The zero-order valence-electron chi connectivity index (χ0n) is 19.5.